The van der Waals surface area contributed by atoms with Crippen molar-refractivity contribution in [2.75, 3.05) is 7.11 Å². The summed E-state index contributed by atoms with van der Waals surface area (Å²) in [6, 6.07) is 27.6. The topological polar surface area (TPSA) is 102 Å². The zero-order chi connectivity index (χ0) is 27.4. The molecule has 0 fully saturated rings. The van der Waals surface area contributed by atoms with Gasteiger partial charge in [-0.05, 0) is 46.9 Å². The summed E-state index contributed by atoms with van der Waals surface area (Å²) in [5.41, 5.74) is 5.52. The highest BCUT2D eigenvalue weighted by Gasteiger charge is 2.24. The van der Waals surface area contributed by atoms with E-state index in [4.69, 9.17) is 9.47 Å². The number of hydrogen-bond acceptors (Lipinski definition) is 5. The van der Waals surface area contributed by atoms with Crippen molar-refractivity contribution in [3.63, 3.8) is 0 Å². The highest BCUT2D eigenvalue weighted by molar-refractivity contribution is 5.96. The number of rotatable bonds is 8. The SMILES string of the molecule is COc1cn2c([C@H](OC(=O)NCc3ccccc3)c3ccc(-c4ccccc4C(=O)O)cc3)ccc(C)c2n1. The fourth-order valence-electron chi connectivity index (χ4n) is 4.49. The Morgan fingerprint density at radius 2 is 1.67 bits per heavy atom. The number of nitrogens with zero attached hydrogens (tertiary/aromatic N) is 2. The van der Waals surface area contributed by atoms with Crippen LogP contribution < -0.4 is 10.1 Å². The molecule has 1 atom stereocenters. The molecule has 196 valence electrons. The molecule has 0 aliphatic carbocycles. The Morgan fingerprint density at radius 1 is 0.949 bits per heavy atom. The molecule has 0 unspecified atom stereocenters. The zero-order valence-corrected chi connectivity index (χ0v) is 21.5. The van der Waals surface area contributed by atoms with Gasteiger partial charge in [0.2, 0.25) is 5.88 Å². The summed E-state index contributed by atoms with van der Waals surface area (Å²) >= 11 is 0. The molecular weight excluding hydrogens is 494 g/mol. The number of carboxylic acids is 1. The minimum Gasteiger partial charge on any atom is -0.480 e. The van der Waals surface area contributed by atoms with E-state index in [2.05, 4.69) is 10.3 Å². The van der Waals surface area contributed by atoms with Crippen LogP contribution in [0.15, 0.2) is 97.2 Å². The van der Waals surface area contributed by atoms with Gasteiger partial charge >= 0.3 is 12.1 Å². The number of carboxylic acid groups (broad SMARTS) is 1. The molecule has 0 aliphatic heterocycles. The molecule has 39 heavy (non-hydrogen) atoms. The first-order chi connectivity index (χ1) is 18.9. The van der Waals surface area contributed by atoms with E-state index in [0.717, 1.165) is 16.7 Å². The van der Waals surface area contributed by atoms with Gasteiger partial charge in [0.15, 0.2) is 6.10 Å². The van der Waals surface area contributed by atoms with E-state index in [-0.39, 0.29) is 5.56 Å². The normalized spacial score (nSPS) is 11.6. The first-order valence-electron chi connectivity index (χ1n) is 12.4. The number of nitrogens with one attached hydrogen (secondary N) is 1. The van der Waals surface area contributed by atoms with Gasteiger partial charge in [-0.2, -0.15) is 4.98 Å². The van der Waals surface area contributed by atoms with Crippen molar-refractivity contribution >= 4 is 17.7 Å². The lowest BCUT2D eigenvalue weighted by Crippen LogP contribution is -2.26. The molecule has 0 spiro atoms. The first kappa shape index (κ1) is 25.5. The van der Waals surface area contributed by atoms with Crippen LogP contribution in [0.5, 0.6) is 5.88 Å². The Kier molecular flexibility index (Phi) is 7.27. The third-order valence-electron chi connectivity index (χ3n) is 6.48. The first-order valence-corrected chi connectivity index (χ1v) is 12.4. The number of hydrogen-bond donors (Lipinski definition) is 2. The molecule has 0 radical (unpaired) electrons. The molecule has 5 rings (SSSR count). The molecule has 8 nitrogen and oxygen atoms in total. The van der Waals surface area contributed by atoms with Crippen molar-refractivity contribution in [3.8, 4) is 17.0 Å². The van der Waals surface area contributed by atoms with Crippen molar-refractivity contribution < 1.29 is 24.2 Å². The second-order valence-electron chi connectivity index (χ2n) is 9.02. The maximum Gasteiger partial charge on any atom is 0.408 e. The molecule has 5 aromatic rings. The van der Waals surface area contributed by atoms with E-state index in [0.29, 0.717) is 34.9 Å². The lowest BCUT2D eigenvalue weighted by molar-refractivity contribution is 0.0697. The zero-order valence-electron chi connectivity index (χ0n) is 21.5. The van der Waals surface area contributed by atoms with Gasteiger partial charge in [-0.25, -0.2) is 9.59 Å². The third-order valence-corrected chi connectivity index (χ3v) is 6.48. The lowest BCUT2D eigenvalue weighted by atomic mass is 9.97. The number of fused-ring (bicyclic) bond motifs is 1. The number of benzene rings is 3. The Balaban J connectivity index is 1.52. The van der Waals surface area contributed by atoms with Gasteiger partial charge in [0, 0.05) is 6.54 Å². The number of alkyl carbamates (subject to hydrolysis) is 1. The molecule has 8 heteroatoms. The molecule has 1 amide bonds. The van der Waals surface area contributed by atoms with Crippen LogP contribution in [0.3, 0.4) is 0 Å². The van der Waals surface area contributed by atoms with Crippen LogP contribution >= 0.6 is 0 Å². The number of aryl methyl sites for hydroxylation is 1. The highest BCUT2D eigenvalue weighted by Crippen LogP contribution is 2.32. The summed E-state index contributed by atoms with van der Waals surface area (Å²) < 4.78 is 13.2. The van der Waals surface area contributed by atoms with Gasteiger partial charge in [-0.1, -0.05) is 78.9 Å². The summed E-state index contributed by atoms with van der Waals surface area (Å²) in [5, 5.41) is 12.4. The van der Waals surface area contributed by atoms with Crippen molar-refractivity contribution in [1.29, 1.82) is 0 Å². The van der Waals surface area contributed by atoms with Gasteiger partial charge in [0.25, 0.3) is 0 Å². The number of ether oxygens (including phenoxy) is 2. The lowest BCUT2D eigenvalue weighted by Gasteiger charge is -2.21. The second-order valence-corrected chi connectivity index (χ2v) is 9.02. The predicted molar refractivity (Wildman–Crippen MR) is 147 cm³/mol. The van der Waals surface area contributed by atoms with Crippen LogP contribution in [0.1, 0.15) is 38.8 Å². The number of carbonyl (C=O) groups is 2. The average molecular weight is 522 g/mol. The Hall–Kier alpha value is -5.11. The maximum absolute atomic E-state index is 13.0. The molecule has 0 aliphatic rings. The Bertz CT molecular complexity index is 1630. The standard InChI is InChI=1S/C31H27N3O5/c1-20-12-17-26(34-19-27(38-2)33-29(20)34)28(39-31(37)32-18-21-8-4-3-5-9-21)23-15-13-22(14-16-23)24-10-6-7-11-25(24)30(35)36/h3-17,19,28H,18H2,1-2H3,(H,32,37)(H,35,36)/t28-/m1/s1. The number of amides is 1. The predicted octanol–water partition coefficient (Wildman–Crippen LogP) is 6.03. The number of carbonyl (C=O) groups excluding carboxylic acids is 1. The van der Waals surface area contributed by atoms with Crippen LogP contribution in [-0.4, -0.2) is 33.7 Å². The summed E-state index contributed by atoms with van der Waals surface area (Å²) in [5.74, 6) is -0.555. The van der Waals surface area contributed by atoms with Crippen LogP contribution in [-0.2, 0) is 11.3 Å². The number of pyridine rings is 1. The summed E-state index contributed by atoms with van der Waals surface area (Å²) in [7, 11) is 1.55. The molecule has 2 aromatic heterocycles. The number of imidazole rings is 1. The number of aromatic carboxylic acids is 1. The van der Waals surface area contributed by atoms with E-state index in [1.807, 2.05) is 78.1 Å². The van der Waals surface area contributed by atoms with Gasteiger partial charge in [-0.15, -0.1) is 0 Å². The van der Waals surface area contributed by atoms with Gasteiger partial charge in [0.05, 0.1) is 24.6 Å². The molecule has 0 bridgehead atoms. The van der Waals surface area contributed by atoms with Gasteiger partial charge in [0.1, 0.15) is 5.65 Å². The number of aromatic nitrogens is 2. The highest BCUT2D eigenvalue weighted by atomic mass is 16.6. The van der Waals surface area contributed by atoms with Crippen molar-refractivity contribution in [3.05, 3.63) is 125 Å². The van der Waals surface area contributed by atoms with Crippen molar-refractivity contribution in [1.82, 2.24) is 14.7 Å². The summed E-state index contributed by atoms with van der Waals surface area (Å²) in [4.78, 5) is 29.3. The van der Waals surface area contributed by atoms with Crippen molar-refractivity contribution in [2.24, 2.45) is 0 Å². The molecule has 0 saturated heterocycles. The van der Waals surface area contributed by atoms with Crippen LogP contribution in [0.25, 0.3) is 16.8 Å². The van der Waals surface area contributed by atoms with E-state index in [1.54, 1.807) is 37.6 Å². The molecule has 2 N–H and O–H groups in total. The fraction of sp³-hybridized carbons (Fsp3) is 0.129. The van der Waals surface area contributed by atoms with Crippen LogP contribution in [0, 0.1) is 6.92 Å². The van der Waals surface area contributed by atoms with E-state index in [1.165, 1.54) is 0 Å². The van der Waals surface area contributed by atoms with Crippen molar-refractivity contribution in [2.45, 2.75) is 19.6 Å². The molecule has 0 saturated carbocycles. The smallest absolute Gasteiger partial charge is 0.408 e. The van der Waals surface area contributed by atoms with E-state index >= 15 is 0 Å². The Morgan fingerprint density at radius 3 is 2.38 bits per heavy atom. The van der Waals surface area contributed by atoms with Gasteiger partial charge in [-0.3, -0.25) is 4.40 Å². The Labute approximate surface area is 225 Å². The largest absolute Gasteiger partial charge is 0.480 e. The van der Waals surface area contributed by atoms with Crippen LogP contribution in [0.4, 0.5) is 4.79 Å². The molecular formula is C31H27N3O5. The minimum absolute atomic E-state index is 0.212. The molecule has 2 heterocycles. The maximum atomic E-state index is 13.0. The fourth-order valence-corrected chi connectivity index (χ4v) is 4.49. The third kappa shape index (κ3) is 5.45. The number of methoxy groups -OCH3 is 1. The second kappa shape index (κ2) is 11.1. The van der Waals surface area contributed by atoms with Gasteiger partial charge < -0.3 is 19.9 Å². The monoisotopic (exact) mass is 521 g/mol. The summed E-state index contributed by atoms with van der Waals surface area (Å²) in [6.45, 7) is 2.27. The quantitative estimate of drug-likeness (QED) is 0.258. The van der Waals surface area contributed by atoms with E-state index < -0.39 is 18.2 Å². The van der Waals surface area contributed by atoms with E-state index in [9.17, 15) is 14.7 Å². The average Bonchev–Trinajstić information content (AvgIpc) is 3.42. The van der Waals surface area contributed by atoms with Crippen LogP contribution in [0.2, 0.25) is 0 Å². The molecule has 3 aromatic carbocycles. The summed E-state index contributed by atoms with van der Waals surface area (Å²) in [6.07, 6.45) is 0.393. The minimum atomic E-state index is -0.998.